The van der Waals surface area contributed by atoms with E-state index >= 15 is 0 Å². The second-order valence-corrected chi connectivity index (χ2v) is 8.74. The van der Waals surface area contributed by atoms with Gasteiger partial charge in [0.2, 0.25) is 5.95 Å². The number of nitrogens with one attached hydrogen (secondary N) is 2. The highest BCUT2D eigenvalue weighted by Gasteiger charge is 2.19. The van der Waals surface area contributed by atoms with Crippen molar-refractivity contribution in [2.45, 2.75) is 63.9 Å². The zero-order chi connectivity index (χ0) is 19.9. The summed E-state index contributed by atoms with van der Waals surface area (Å²) in [5.74, 6) is 2.63. The Morgan fingerprint density at radius 3 is 2.07 bits per heavy atom. The van der Waals surface area contributed by atoms with Crippen LogP contribution in [0.25, 0.3) is 0 Å². The molecule has 29 heavy (non-hydrogen) atoms. The van der Waals surface area contributed by atoms with Crippen LogP contribution in [-0.4, -0.2) is 60.5 Å². The van der Waals surface area contributed by atoms with E-state index in [1.165, 1.54) is 44.9 Å². The molecule has 0 unspecified atom stereocenters. The second kappa shape index (κ2) is 10.4. The van der Waals surface area contributed by atoms with E-state index in [2.05, 4.69) is 26.5 Å². The SMILES string of the molecule is S=C(NC[C@@H]1CCCO1)Nc1nc(N2CCCCCC2)cc(N2CCCCC2)n1. The quantitative estimate of drug-likeness (QED) is 0.706. The molecule has 1 aromatic rings. The van der Waals surface area contributed by atoms with Crippen LogP contribution in [0.3, 0.4) is 0 Å². The molecule has 4 rings (SSSR count). The average molecular weight is 419 g/mol. The van der Waals surface area contributed by atoms with Gasteiger partial charge in [0, 0.05) is 45.4 Å². The molecule has 0 aromatic carbocycles. The summed E-state index contributed by atoms with van der Waals surface area (Å²) in [6.45, 7) is 5.85. The maximum absolute atomic E-state index is 5.67. The summed E-state index contributed by atoms with van der Waals surface area (Å²) in [7, 11) is 0. The summed E-state index contributed by atoms with van der Waals surface area (Å²) >= 11 is 5.51. The highest BCUT2D eigenvalue weighted by atomic mass is 32.1. The molecule has 1 atom stereocenters. The van der Waals surface area contributed by atoms with E-state index in [9.17, 15) is 0 Å². The number of nitrogens with zero attached hydrogens (tertiary/aromatic N) is 4. The van der Waals surface area contributed by atoms with Gasteiger partial charge in [-0.2, -0.15) is 9.97 Å². The highest BCUT2D eigenvalue weighted by molar-refractivity contribution is 7.80. The third-order valence-electron chi connectivity index (χ3n) is 6.05. The summed E-state index contributed by atoms with van der Waals surface area (Å²) in [6, 6.07) is 2.17. The lowest BCUT2D eigenvalue weighted by Gasteiger charge is -2.29. The molecular weight excluding hydrogens is 384 g/mol. The monoisotopic (exact) mass is 418 g/mol. The predicted octanol–water partition coefficient (Wildman–Crippen LogP) is 3.31. The summed E-state index contributed by atoms with van der Waals surface area (Å²) < 4.78 is 5.67. The minimum absolute atomic E-state index is 0.253. The molecule has 0 amide bonds. The van der Waals surface area contributed by atoms with Crippen LogP contribution in [0, 0.1) is 0 Å². The molecule has 160 valence electrons. The molecule has 1 aromatic heterocycles. The van der Waals surface area contributed by atoms with Crippen molar-refractivity contribution in [3.8, 4) is 0 Å². The number of hydrogen-bond donors (Lipinski definition) is 2. The van der Waals surface area contributed by atoms with E-state index in [4.69, 9.17) is 26.9 Å². The van der Waals surface area contributed by atoms with Crippen molar-refractivity contribution in [3.05, 3.63) is 6.07 Å². The summed E-state index contributed by atoms with van der Waals surface area (Å²) in [5.41, 5.74) is 0. The van der Waals surface area contributed by atoms with Crippen LogP contribution in [0.2, 0.25) is 0 Å². The van der Waals surface area contributed by atoms with Gasteiger partial charge in [0.25, 0.3) is 0 Å². The normalized spacial score (nSPS) is 23.0. The molecule has 0 aliphatic carbocycles. The van der Waals surface area contributed by atoms with Gasteiger partial charge in [0.05, 0.1) is 6.10 Å². The van der Waals surface area contributed by atoms with Gasteiger partial charge >= 0.3 is 0 Å². The average Bonchev–Trinajstić information content (AvgIpc) is 3.13. The van der Waals surface area contributed by atoms with Crippen molar-refractivity contribution in [1.82, 2.24) is 15.3 Å². The lowest BCUT2D eigenvalue weighted by Crippen LogP contribution is -2.36. The van der Waals surface area contributed by atoms with Crippen LogP contribution in [0.1, 0.15) is 57.8 Å². The second-order valence-electron chi connectivity index (χ2n) is 8.33. The van der Waals surface area contributed by atoms with Crippen LogP contribution in [0.5, 0.6) is 0 Å². The first-order chi connectivity index (χ1) is 14.3. The van der Waals surface area contributed by atoms with Crippen LogP contribution in [-0.2, 0) is 4.74 Å². The Morgan fingerprint density at radius 1 is 0.931 bits per heavy atom. The Hall–Kier alpha value is -1.67. The Balaban J connectivity index is 1.47. The maximum atomic E-state index is 5.67. The molecule has 3 fully saturated rings. The lowest BCUT2D eigenvalue weighted by atomic mass is 10.1. The first-order valence-corrected chi connectivity index (χ1v) is 11.7. The van der Waals surface area contributed by atoms with Crippen LogP contribution in [0.4, 0.5) is 17.6 Å². The van der Waals surface area contributed by atoms with Crippen molar-refractivity contribution >= 4 is 34.9 Å². The molecule has 0 bridgehead atoms. The Kier molecular flexibility index (Phi) is 7.38. The van der Waals surface area contributed by atoms with E-state index in [0.29, 0.717) is 11.1 Å². The van der Waals surface area contributed by atoms with E-state index < -0.39 is 0 Å². The molecule has 0 spiro atoms. The molecule has 0 saturated carbocycles. The van der Waals surface area contributed by atoms with E-state index in [1.807, 2.05) is 0 Å². The topological polar surface area (TPSA) is 65.6 Å². The predicted molar refractivity (Wildman–Crippen MR) is 122 cm³/mol. The Morgan fingerprint density at radius 2 is 1.52 bits per heavy atom. The first-order valence-electron chi connectivity index (χ1n) is 11.3. The zero-order valence-corrected chi connectivity index (χ0v) is 18.2. The third kappa shape index (κ3) is 5.92. The summed E-state index contributed by atoms with van der Waals surface area (Å²) in [4.78, 5) is 14.4. The Labute approximate surface area is 179 Å². The largest absolute Gasteiger partial charge is 0.376 e. The summed E-state index contributed by atoms with van der Waals surface area (Å²) in [5, 5.41) is 7.07. The molecule has 0 radical (unpaired) electrons. The number of hydrogen-bond acceptors (Lipinski definition) is 6. The minimum Gasteiger partial charge on any atom is -0.376 e. The standard InChI is InChI=1S/C21H34N6OS/c29-21(22-16-17-9-8-14-28-17)25-20-23-18(26-10-4-1-2-5-11-26)15-19(24-20)27-12-6-3-7-13-27/h15,17H,1-14,16H2,(H2,22,23,24,25,29)/t17-/m0/s1. The van der Waals surface area contributed by atoms with E-state index in [0.717, 1.165) is 63.8 Å². The molecule has 4 heterocycles. The van der Waals surface area contributed by atoms with Gasteiger partial charge in [-0.1, -0.05) is 12.8 Å². The van der Waals surface area contributed by atoms with Crippen molar-refractivity contribution in [3.63, 3.8) is 0 Å². The molecular formula is C21H34N6OS. The number of ether oxygens (including phenoxy) is 1. The number of aromatic nitrogens is 2. The van der Waals surface area contributed by atoms with Gasteiger partial charge in [-0.25, -0.2) is 0 Å². The zero-order valence-electron chi connectivity index (χ0n) is 17.4. The number of piperidine rings is 1. The fourth-order valence-corrected chi connectivity index (χ4v) is 4.56. The molecule has 2 N–H and O–H groups in total. The third-order valence-corrected chi connectivity index (χ3v) is 6.30. The number of thiocarbonyl (C=S) groups is 1. The van der Waals surface area contributed by atoms with Gasteiger partial charge in [0.1, 0.15) is 11.6 Å². The van der Waals surface area contributed by atoms with E-state index in [1.54, 1.807) is 0 Å². The highest BCUT2D eigenvalue weighted by Crippen LogP contribution is 2.25. The fraction of sp³-hybridized carbons (Fsp3) is 0.762. The van der Waals surface area contributed by atoms with Crippen molar-refractivity contribution in [1.29, 1.82) is 0 Å². The van der Waals surface area contributed by atoms with Crippen LogP contribution >= 0.6 is 12.2 Å². The minimum atomic E-state index is 0.253. The van der Waals surface area contributed by atoms with Crippen molar-refractivity contribution in [2.24, 2.45) is 0 Å². The fourth-order valence-electron chi connectivity index (χ4n) is 4.38. The maximum Gasteiger partial charge on any atom is 0.232 e. The van der Waals surface area contributed by atoms with Gasteiger partial charge in [-0.05, 0) is 57.2 Å². The van der Waals surface area contributed by atoms with Gasteiger partial charge in [-0.3, -0.25) is 0 Å². The van der Waals surface area contributed by atoms with Gasteiger partial charge in [-0.15, -0.1) is 0 Å². The van der Waals surface area contributed by atoms with Crippen molar-refractivity contribution in [2.75, 3.05) is 54.4 Å². The summed E-state index contributed by atoms with van der Waals surface area (Å²) in [6.07, 6.45) is 11.3. The number of rotatable bonds is 5. The smallest absolute Gasteiger partial charge is 0.232 e. The van der Waals surface area contributed by atoms with Crippen LogP contribution in [0.15, 0.2) is 6.07 Å². The molecule has 3 saturated heterocycles. The Bertz CT molecular complexity index is 667. The molecule has 3 aliphatic rings. The van der Waals surface area contributed by atoms with Crippen molar-refractivity contribution < 1.29 is 4.74 Å². The first kappa shape index (κ1) is 20.6. The van der Waals surface area contributed by atoms with Gasteiger partial charge in [0.15, 0.2) is 5.11 Å². The van der Waals surface area contributed by atoms with Crippen LogP contribution < -0.4 is 20.4 Å². The molecule has 3 aliphatic heterocycles. The lowest BCUT2D eigenvalue weighted by molar-refractivity contribution is 0.114. The van der Waals surface area contributed by atoms with Gasteiger partial charge < -0.3 is 25.2 Å². The molecule has 7 nitrogen and oxygen atoms in total. The molecule has 8 heteroatoms. The van der Waals surface area contributed by atoms with E-state index in [-0.39, 0.29) is 6.10 Å². The number of anilines is 3.